The Bertz CT molecular complexity index is 675. The maximum absolute atomic E-state index is 12.5. The number of carbonyl (C=O) groups is 2. The molecule has 140 valence electrons. The summed E-state index contributed by atoms with van der Waals surface area (Å²) < 4.78 is 5.42. The Labute approximate surface area is 156 Å². The molecule has 0 atom stereocenters. The number of hydrogen-bond acceptors (Lipinski definition) is 3. The zero-order valence-electron chi connectivity index (χ0n) is 16.1. The molecule has 1 aromatic rings. The summed E-state index contributed by atoms with van der Waals surface area (Å²) in [5.74, 6) is 2.92. The van der Waals surface area contributed by atoms with Crippen LogP contribution in [0.5, 0.6) is 0 Å². The molecule has 0 N–H and O–H groups in total. The molecule has 0 radical (unpaired) electrons. The average molecular weight is 356 g/mol. The highest BCUT2D eigenvalue weighted by molar-refractivity contribution is 5.94. The number of amides is 2. The number of nitrogens with zero attached hydrogens (tertiary/aromatic N) is 2. The van der Waals surface area contributed by atoms with E-state index < -0.39 is 5.60 Å². The first-order valence-electron chi connectivity index (χ1n) is 8.99. The lowest BCUT2D eigenvalue weighted by Crippen LogP contribution is -2.44. The lowest BCUT2D eigenvalue weighted by Gasteiger charge is -2.34. The second-order valence-electron chi connectivity index (χ2n) is 7.82. The first kappa shape index (κ1) is 19.8. The molecule has 26 heavy (non-hydrogen) atoms. The zero-order valence-corrected chi connectivity index (χ0v) is 16.1. The van der Waals surface area contributed by atoms with Crippen molar-refractivity contribution in [1.82, 2.24) is 9.80 Å². The Morgan fingerprint density at radius 2 is 1.81 bits per heavy atom. The zero-order chi connectivity index (χ0) is 19.3. The standard InChI is InChI=1S/C21H28N2O3/c1-6-16-7-9-18(10-8-16)19(24)22(5)15-17-11-13-23(14-12-17)20(25)26-21(2,3)4/h1,7-10,17H,11-15H2,2-5H3. The van der Waals surface area contributed by atoms with E-state index in [1.165, 1.54) is 0 Å². The molecule has 1 aliphatic rings. The van der Waals surface area contributed by atoms with Gasteiger partial charge in [0, 0.05) is 37.8 Å². The highest BCUT2D eigenvalue weighted by atomic mass is 16.6. The minimum atomic E-state index is -0.477. The van der Waals surface area contributed by atoms with E-state index in [9.17, 15) is 9.59 Å². The molecule has 1 fully saturated rings. The fraction of sp³-hybridized carbons (Fsp3) is 0.524. The van der Waals surface area contributed by atoms with Gasteiger partial charge >= 0.3 is 6.09 Å². The molecule has 2 rings (SSSR count). The van der Waals surface area contributed by atoms with Crippen LogP contribution in [0, 0.1) is 18.3 Å². The first-order valence-corrected chi connectivity index (χ1v) is 8.99. The Morgan fingerprint density at radius 1 is 1.23 bits per heavy atom. The van der Waals surface area contributed by atoms with Crippen molar-refractivity contribution >= 4 is 12.0 Å². The Balaban J connectivity index is 1.83. The second kappa shape index (κ2) is 8.27. The van der Waals surface area contributed by atoms with Crippen molar-refractivity contribution in [3.05, 3.63) is 35.4 Å². The van der Waals surface area contributed by atoms with E-state index >= 15 is 0 Å². The van der Waals surface area contributed by atoms with Crippen molar-refractivity contribution in [2.75, 3.05) is 26.7 Å². The van der Waals surface area contributed by atoms with Gasteiger partial charge in [0.15, 0.2) is 0 Å². The van der Waals surface area contributed by atoms with Crippen molar-refractivity contribution in [2.45, 2.75) is 39.2 Å². The molecule has 2 amide bonds. The van der Waals surface area contributed by atoms with Crippen LogP contribution in [0.15, 0.2) is 24.3 Å². The van der Waals surface area contributed by atoms with E-state index in [1.54, 1.807) is 34.1 Å². The van der Waals surface area contributed by atoms with E-state index in [2.05, 4.69) is 5.92 Å². The van der Waals surface area contributed by atoms with Gasteiger partial charge in [-0.15, -0.1) is 6.42 Å². The number of hydrogen-bond donors (Lipinski definition) is 0. The quantitative estimate of drug-likeness (QED) is 0.780. The lowest BCUT2D eigenvalue weighted by atomic mass is 9.96. The summed E-state index contributed by atoms with van der Waals surface area (Å²) in [6, 6.07) is 7.08. The molecule has 1 aromatic carbocycles. The van der Waals surface area contributed by atoms with Crippen molar-refractivity contribution < 1.29 is 14.3 Å². The molecular weight excluding hydrogens is 328 g/mol. The van der Waals surface area contributed by atoms with Gasteiger partial charge in [0.25, 0.3) is 5.91 Å². The normalized spacial score (nSPS) is 15.3. The van der Waals surface area contributed by atoms with Crippen molar-refractivity contribution in [3.63, 3.8) is 0 Å². The number of rotatable bonds is 3. The minimum Gasteiger partial charge on any atom is -0.444 e. The molecule has 0 unspecified atom stereocenters. The fourth-order valence-corrected chi connectivity index (χ4v) is 3.02. The molecule has 1 saturated heterocycles. The highest BCUT2D eigenvalue weighted by Crippen LogP contribution is 2.21. The van der Waals surface area contributed by atoms with E-state index in [-0.39, 0.29) is 12.0 Å². The SMILES string of the molecule is C#Cc1ccc(C(=O)N(C)CC2CCN(C(=O)OC(C)(C)C)CC2)cc1. The van der Waals surface area contributed by atoms with Gasteiger partial charge in [-0.2, -0.15) is 0 Å². The third kappa shape index (κ3) is 5.52. The predicted molar refractivity (Wildman–Crippen MR) is 102 cm³/mol. The molecule has 5 nitrogen and oxygen atoms in total. The summed E-state index contributed by atoms with van der Waals surface area (Å²) in [4.78, 5) is 28.2. The Hall–Kier alpha value is -2.48. The highest BCUT2D eigenvalue weighted by Gasteiger charge is 2.28. The van der Waals surface area contributed by atoms with E-state index in [0.29, 0.717) is 31.1 Å². The number of piperidine rings is 1. The molecule has 0 saturated carbocycles. The summed E-state index contributed by atoms with van der Waals surface area (Å²) in [6.45, 7) is 7.62. The van der Waals surface area contributed by atoms with Crippen molar-refractivity contribution in [1.29, 1.82) is 0 Å². The third-order valence-electron chi connectivity index (χ3n) is 4.44. The van der Waals surface area contributed by atoms with Crippen LogP contribution in [-0.4, -0.2) is 54.1 Å². The maximum atomic E-state index is 12.5. The number of ether oxygens (including phenoxy) is 1. The summed E-state index contributed by atoms with van der Waals surface area (Å²) in [6.07, 6.45) is 6.82. The fourth-order valence-electron chi connectivity index (χ4n) is 3.02. The van der Waals surface area contributed by atoms with Crippen LogP contribution < -0.4 is 0 Å². The summed E-state index contributed by atoms with van der Waals surface area (Å²) in [7, 11) is 1.82. The lowest BCUT2D eigenvalue weighted by molar-refractivity contribution is 0.0171. The number of carbonyl (C=O) groups excluding carboxylic acids is 2. The molecule has 0 aliphatic carbocycles. The Morgan fingerprint density at radius 3 is 2.31 bits per heavy atom. The van der Waals surface area contributed by atoms with Crippen LogP contribution in [0.4, 0.5) is 4.79 Å². The summed E-state index contributed by atoms with van der Waals surface area (Å²) in [5.41, 5.74) is 0.923. The third-order valence-corrected chi connectivity index (χ3v) is 4.44. The van der Waals surface area contributed by atoms with E-state index in [0.717, 1.165) is 18.4 Å². The molecule has 1 heterocycles. The van der Waals surface area contributed by atoms with E-state index in [1.807, 2.05) is 27.8 Å². The van der Waals surface area contributed by atoms with Crippen molar-refractivity contribution in [3.8, 4) is 12.3 Å². The van der Waals surface area contributed by atoms with Crippen LogP contribution in [0.3, 0.4) is 0 Å². The topological polar surface area (TPSA) is 49.9 Å². The van der Waals surface area contributed by atoms with Gasteiger partial charge in [0.2, 0.25) is 0 Å². The molecule has 5 heteroatoms. The summed E-state index contributed by atoms with van der Waals surface area (Å²) >= 11 is 0. The minimum absolute atomic E-state index is 0.0110. The number of likely N-dealkylation sites (tertiary alicyclic amines) is 1. The van der Waals surface area contributed by atoms with E-state index in [4.69, 9.17) is 11.2 Å². The van der Waals surface area contributed by atoms with Gasteiger partial charge in [-0.1, -0.05) is 5.92 Å². The average Bonchev–Trinajstić information content (AvgIpc) is 2.60. The van der Waals surface area contributed by atoms with Crippen molar-refractivity contribution in [2.24, 2.45) is 5.92 Å². The van der Waals surface area contributed by atoms with Crippen LogP contribution in [0.2, 0.25) is 0 Å². The van der Waals surface area contributed by atoms with Crippen LogP contribution >= 0.6 is 0 Å². The first-order chi connectivity index (χ1) is 12.2. The largest absolute Gasteiger partial charge is 0.444 e. The van der Waals surface area contributed by atoms with Crippen LogP contribution in [-0.2, 0) is 4.74 Å². The Kier molecular flexibility index (Phi) is 6.31. The predicted octanol–water partition coefficient (Wildman–Crippen LogP) is 3.39. The number of terminal acetylenes is 1. The van der Waals surface area contributed by atoms with Gasteiger partial charge < -0.3 is 14.5 Å². The van der Waals surface area contributed by atoms with Crippen LogP contribution in [0.1, 0.15) is 49.5 Å². The molecule has 0 bridgehead atoms. The molecular formula is C21H28N2O3. The van der Waals surface area contributed by atoms with Gasteiger partial charge in [0.05, 0.1) is 0 Å². The van der Waals surface area contributed by atoms with Gasteiger partial charge in [-0.05, 0) is 63.8 Å². The van der Waals surface area contributed by atoms with Crippen LogP contribution in [0.25, 0.3) is 0 Å². The second-order valence-corrected chi connectivity index (χ2v) is 7.82. The molecule has 0 aromatic heterocycles. The molecule has 1 aliphatic heterocycles. The van der Waals surface area contributed by atoms with Gasteiger partial charge in [0.1, 0.15) is 5.60 Å². The monoisotopic (exact) mass is 356 g/mol. The van der Waals surface area contributed by atoms with Gasteiger partial charge in [-0.3, -0.25) is 4.79 Å². The number of benzene rings is 1. The maximum Gasteiger partial charge on any atom is 0.410 e. The van der Waals surface area contributed by atoms with Gasteiger partial charge in [-0.25, -0.2) is 4.79 Å². The summed E-state index contributed by atoms with van der Waals surface area (Å²) in [5, 5.41) is 0. The molecule has 0 spiro atoms. The smallest absolute Gasteiger partial charge is 0.410 e.